The lowest BCUT2D eigenvalue weighted by molar-refractivity contribution is -0.145. The molecule has 1 rings (SSSR count). The Morgan fingerprint density at radius 1 is 1.47 bits per heavy atom. The Hall–Kier alpha value is -1.49. The van der Waals surface area contributed by atoms with E-state index in [2.05, 4.69) is 4.74 Å². The van der Waals surface area contributed by atoms with Crippen LogP contribution in [-0.4, -0.2) is 17.7 Å². The standard InChI is InChI=1S/C12H14F2O3/c1-3-17-11(16)6-10(15)8-4-5-9(13)12(14)7(8)2/h4-5,10,15H,3,6H2,1-2H3. The first kappa shape index (κ1) is 13.6. The molecule has 3 nitrogen and oxygen atoms in total. The second kappa shape index (κ2) is 5.72. The van der Waals surface area contributed by atoms with Crippen LogP contribution in [0.2, 0.25) is 0 Å². The Morgan fingerprint density at radius 2 is 2.12 bits per heavy atom. The second-order valence-electron chi connectivity index (χ2n) is 3.60. The Balaban J connectivity index is 2.86. The number of halogens is 2. The van der Waals surface area contributed by atoms with Crippen LogP contribution >= 0.6 is 0 Å². The van der Waals surface area contributed by atoms with Crippen LogP contribution < -0.4 is 0 Å². The average molecular weight is 244 g/mol. The number of hydrogen-bond donors (Lipinski definition) is 1. The van der Waals surface area contributed by atoms with E-state index in [9.17, 15) is 18.7 Å². The zero-order chi connectivity index (χ0) is 13.0. The fourth-order valence-electron chi connectivity index (χ4n) is 1.52. The van der Waals surface area contributed by atoms with Crippen LogP contribution in [0, 0.1) is 18.6 Å². The number of esters is 1. The highest BCUT2D eigenvalue weighted by atomic mass is 19.2. The van der Waals surface area contributed by atoms with E-state index in [-0.39, 0.29) is 24.2 Å². The van der Waals surface area contributed by atoms with Crippen molar-refractivity contribution in [1.29, 1.82) is 0 Å². The van der Waals surface area contributed by atoms with Crippen LogP contribution in [0.3, 0.4) is 0 Å². The fraction of sp³-hybridized carbons (Fsp3) is 0.417. The predicted molar refractivity (Wildman–Crippen MR) is 57.3 cm³/mol. The number of rotatable bonds is 4. The van der Waals surface area contributed by atoms with Crippen LogP contribution in [0.5, 0.6) is 0 Å². The Labute approximate surface area is 98.0 Å². The average Bonchev–Trinajstić information content (AvgIpc) is 2.26. The molecule has 5 heteroatoms. The van der Waals surface area contributed by atoms with Crippen molar-refractivity contribution in [1.82, 2.24) is 0 Å². The van der Waals surface area contributed by atoms with Crippen LogP contribution in [0.25, 0.3) is 0 Å². The third kappa shape index (κ3) is 3.23. The number of aliphatic hydroxyl groups is 1. The highest BCUT2D eigenvalue weighted by Gasteiger charge is 2.19. The molecule has 0 spiro atoms. The summed E-state index contributed by atoms with van der Waals surface area (Å²) in [7, 11) is 0. The van der Waals surface area contributed by atoms with Gasteiger partial charge in [-0.3, -0.25) is 4.79 Å². The maximum Gasteiger partial charge on any atom is 0.308 e. The molecule has 0 saturated carbocycles. The van der Waals surface area contributed by atoms with Crippen molar-refractivity contribution in [2.45, 2.75) is 26.4 Å². The topological polar surface area (TPSA) is 46.5 Å². The molecule has 1 N–H and O–H groups in total. The van der Waals surface area contributed by atoms with Gasteiger partial charge in [-0.25, -0.2) is 8.78 Å². The molecule has 0 fully saturated rings. The van der Waals surface area contributed by atoms with Crippen molar-refractivity contribution in [3.05, 3.63) is 34.9 Å². The minimum absolute atomic E-state index is 0.00167. The summed E-state index contributed by atoms with van der Waals surface area (Å²) in [6.45, 7) is 3.21. The first-order chi connectivity index (χ1) is 7.97. The highest BCUT2D eigenvalue weighted by molar-refractivity contribution is 5.70. The van der Waals surface area contributed by atoms with Gasteiger partial charge in [0.15, 0.2) is 11.6 Å². The molecule has 94 valence electrons. The third-order valence-corrected chi connectivity index (χ3v) is 2.41. The summed E-state index contributed by atoms with van der Waals surface area (Å²) in [6, 6.07) is 2.18. The lowest BCUT2D eigenvalue weighted by Crippen LogP contribution is -2.11. The van der Waals surface area contributed by atoms with Gasteiger partial charge < -0.3 is 9.84 Å². The van der Waals surface area contributed by atoms with E-state index in [0.29, 0.717) is 0 Å². The van der Waals surface area contributed by atoms with Crippen LogP contribution in [0.4, 0.5) is 8.78 Å². The van der Waals surface area contributed by atoms with Gasteiger partial charge in [-0.2, -0.15) is 0 Å². The van der Waals surface area contributed by atoms with Crippen molar-refractivity contribution in [2.24, 2.45) is 0 Å². The monoisotopic (exact) mass is 244 g/mol. The molecule has 0 bridgehead atoms. The fourth-order valence-corrected chi connectivity index (χ4v) is 1.52. The number of benzene rings is 1. The first-order valence-electron chi connectivity index (χ1n) is 5.25. The van der Waals surface area contributed by atoms with Gasteiger partial charge in [-0.1, -0.05) is 6.07 Å². The summed E-state index contributed by atoms with van der Waals surface area (Å²) in [5, 5.41) is 9.72. The van der Waals surface area contributed by atoms with Crippen LogP contribution in [0.15, 0.2) is 12.1 Å². The second-order valence-corrected chi connectivity index (χ2v) is 3.60. The predicted octanol–water partition coefficient (Wildman–Crippen LogP) is 2.26. The van der Waals surface area contributed by atoms with Crippen molar-refractivity contribution >= 4 is 5.97 Å². The minimum atomic E-state index is -1.19. The lowest BCUT2D eigenvalue weighted by atomic mass is 10.0. The third-order valence-electron chi connectivity index (χ3n) is 2.41. The summed E-state index contributed by atoms with van der Waals surface area (Å²) in [4.78, 5) is 11.1. The molecule has 0 heterocycles. The van der Waals surface area contributed by atoms with Crippen molar-refractivity contribution in [3.8, 4) is 0 Å². The van der Waals surface area contributed by atoms with Crippen molar-refractivity contribution < 1.29 is 23.4 Å². The van der Waals surface area contributed by atoms with E-state index in [1.807, 2.05) is 0 Å². The van der Waals surface area contributed by atoms with Gasteiger partial charge in [-0.15, -0.1) is 0 Å². The smallest absolute Gasteiger partial charge is 0.308 e. The van der Waals surface area contributed by atoms with Crippen molar-refractivity contribution in [2.75, 3.05) is 6.61 Å². The molecule has 0 radical (unpaired) electrons. The first-order valence-corrected chi connectivity index (χ1v) is 5.25. The van der Waals surface area contributed by atoms with E-state index in [1.54, 1.807) is 6.92 Å². The van der Waals surface area contributed by atoms with Gasteiger partial charge in [0.1, 0.15) is 0 Å². The molecule has 0 aliphatic carbocycles. The molecule has 1 unspecified atom stereocenters. The van der Waals surface area contributed by atoms with E-state index in [4.69, 9.17) is 0 Å². The highest BCUT2D eigenvalue weighted by Crippen LogP contribution is 2.24. The number of carbonyl (C=O) groups excluding carboxylic acids is 1. The molecule has 0 aromatic heterocycles. The lowest BCUT2D eigenvalue weighted by Gasteiger charge is -2.13. The maximum absolute atomic E-state index is 13.2. The van der Waals surface area contributed by atoms with Gasteiger partial charge in [-0.05, 0) is 31.0 Å². The summed E-state index contributed by atoms with van der Waals surface area (Å²) in [5.74, 6) is -2.57. The SMILES string of the molecule is CCOC(=O)CC(O)c1ccc(F)c(F)c1C. The Kier molecular flexibility index (Phi) is 4.57. The van der Waals surface area contributed by atoms with Crippen LogP contribution in [0.1, 0.15) is 30.6 Å². The minimum Gasteiger partial charge on any atom is -0.466 e. The van der Waals surface area contributed by atoms with E-state index >= 15 is 0 Å². The summed E-state index contributed by atoms with van der Waals surface area (Å²) < 4.78 is 30.8. The van der Waals surface area contributed by atoms with Gasteiger partial charge in [0.05, 0.1) is 19.1 Å². The zero-order valence-corrected chi connectivity index (χ0v) is 9.67. The Morgan fingerprint density at radius 3 is 2.71 bits per heavy atom. The molecule has 1 aromatic carbocycles. The van der Waals surface area contributed by atoms with Crippen molar-refractivity contribution in [3.63, 3.8) is 0 Å². The Bertz CT molecular complexity index is 418. The maximum atomic E-state index is 13.2. The summed E-state index contributed by atoms with van der Waals surface area (Å²) in [6.07, 6.45) is -1.47. The molecule has 1 atom stereocenters. The van der Waals surface area contributed by atoms with Gasteiger partial charge >= 0.3 is 5.97 Å². The molecule has 0 aliphatic rings. The largest absolute Gasteiger partial charge is 0.466 e. The molecule has 1 aromatic rings. The zero-order valence-electron chi connectivity index (χ0n) is 9.67. The summed E-state index contributed by atoms with van der Waals surface area (Å²) in [5.41, 5.74) is 0.193. The summed E-state index contributed by atoms with van der Waals surface area (Å²) >= 11 is 0. The number of carbonyl (C=O) groups is 1. The molecule has 0 amide bonds. The number of ether oxygens (including phenoxy) is 1. The molecular weight excluding hydrogens is 230 g/mol. The normalized spacial score (nSPS) is 12.3. The quantitative estimate of drug-likeness (QED) is 0.826. The van der Waals surface area contributed by atoms with E-state index in [0.717, 1.165) is 6.07 Å². The number of hydrogen-bond acceptors (Lipinski definition) is 3. The van der Waals surface area contributed by atoms with E-state index in [1.165, 1.54) is 13.0 Å². The molecule has 17 heavy (non-hydrogen) atoms. The molecular formula is C12H14F2O3. The van der Waals surface area contributed by atoms with Gasteiger partial charge in [0.2, 0.25) is 0 Å². The van der Waals surface area contributed by atoms with E-state index < -0.39 is 23.7 Å². The molecule has 0 saturated heterocycles. The van der Waals surface area contributed by atoms with Crippen LogP contribution in [-0.2, 0) is 9.53 Å². The molecule has 0 aliphatic heterocycles. The van der Waals surface area contributed by atoms with Gasteiger partial charge in [0.25, 0.3) is 0 Å². The number of aliphatic hydroxyl groups excluding tert-OH is 1. The van der Waals surface area contributed by atoms with Gasteiger partial charge in [0, 0.05) is 0 Å².